The van der Waals surface area contributed by atoms with E-state index in [2.05, 4.69) is 6.07 Å². The van der Waals surface area contributed by atoms with Crippen LogP contribution in [-0.4, -0.2) is 17.1 Å². The van der Waals surface area contributed by atoms with Crippen LogP contribution in [0.4, 0.5) is 11.4 Å². The zero-order valence-corrected chi connectivity index (χ0v) is 14.6. The first-order valence-corrected chi connectivity index (χ1v) is 8.09. The van der Waals surface area contributed by atoms with Gasteiger partial charge in [-0.2, -0.15) is 5.26 Å². The molecule has 3 rings (SSSR count). The number of thiocarbonyl (C=S) groups is 1. The number of hydrogen-bond acceptors (Lipinski definition) is 3. The lowest BCUT2D eigenvalue weighted by molar-refractivity contribution is -0.117. The lowest BCUT2D eigenvalue weighted by Gasteiger charge is -2.22. The molecule has 0 spiro atoms. The third-order valence-electron chi connectivity index (χ3n) is 4.26. The molecular formula is C19H17N3OS. The normalized spacial score (nSPS) is 17.3. The minimum atomic E-state index is -0.365. The van der Waals surface area contributed by atoms with Gasteiger partial charge in [0.15, 0.2) is 5.11 Å². The molecule has 1 aliphatic heterocycles. The van der Waals surface area contributed by atoms with Crippen molar-refractivity contribution in [3.05, 3.63) is 59.2 Å². The fourth-order valence-electron chi connectivity index (χ4n) is 2.85. The minimum absolute atomic E-state index is 0.0651. The van der Waals surface area contributed by atoms with Gasteiger partial charge in [-0.1, -0.05) is 17.7 Å². The van der Waals surface area contributed by atoms with E-state index in [4.69, 9.17) is 17.5 Å². The summed E-state index contributed by atoms with van der Waals surface area (Å²) in [5.41, 5.74) is 4.18. The number of amides is 1. The van der Waals surface area contributed by atoms with E-state index in [0.29, 0.717) is 16.4 Å². The number of hydrogen-bond donors (Lipinski definition) is 0. The van der Waals surface area contributed by atoms with Gasteiger partial charge in [0.2, 0.25) is 0 Å². The molecule has 0 aromatic heterocycles. The second kappa shape index (κ2) is 6.06. The van der Waals surface area contributed by atoms with Crippen LogP contribution in [0.15, 0.2) is 42.5 Å². The summed E-state index contributed by atoms with van der Waals surface area (Å²) < 4.78 is 0. The molecule has 0 aliphatic carbocycles. The highest BCUT2D eigenvalue weighted by Crippen LogP contribution is 2.31. The number of carbonyl (C=O) groups excluding carboxylic acids is 1. The Morgan fingerprint density at radius 3 is 2.29 bits per heavy atom. The van der Waals surface area contributed by atoms with Crippen molar-refractivity contribution >= 4 is 34.6 Å². The maximum Gasteiger partial charge on any atom is 0.256 e. The van der Waals surface area contributed by atoms with Crippen molar-refractivity contribution in [2.75, 3.05) is 9.80 Å². The fraction of sp³-hybridized carbons (Fsp3) is 0.211. The third kappa shape index (κ3) is 2.55. The van der Waals surface area contributed by atoms with Gasteiger partial charge in [0, 0.05) is 5.69 Å². The molecule has 24 heavy (non-hydrogen) atoms. The summed E-state index contributed by atoms with van der Waals surface area (Å²) in [7, 11) is 0. The highest BCUT2D eigenvalue weighted by Gasteiger charge is 2.41. The molecule has 2 aromatic rings. The van der Waals surface area contributed by atoms with Crippen molar-refractivity contribution in [3.63, 3.8) is 0 Å². The molecular weight excluding hydrogens is 318 g/mol. The topological polar surface area (TPSA) is 47.3 Å². The highest BCUT2D eigenvalue weighted by atomic mass is 32.1. The Hall–Kier alpha value is -2.71. The van der Waals surface area contributed by atoms with Gasteiger partial charge < -0.3 is 4.90 Å². The summed E-state index contributed by atoms with van der Waals surface area (Å²) in [6.07, 6.45) is 0. The van der Waals surface area contributed by atoms with Crippen LogP contribution in [0.25, 0.3) is 0 Å². The zero-order chi connectivity index (χ0) is 17.4. The van der Waals surface area contributed by atoms with Gasteiger partial charge in [-0.3, -0.25) is 9.69 Å². The van der Waals surface area contributed by atoms with E-state index < -0.39 is 0 Å². The monoisotopic (exact) mass is 335 g/mol. The van der Waals surface area contributed by atoms with Crippen LogP contribution in [0.3, 0.4) is 0 Å². The molecule has 2 aromatic carbocycles. The molecule has 1 saturated heterocycles. The van der Waals surface area contributed by atoms with Gasteiger partial charge in [-0.05, 0) is 68.9 Å². The first-order chi connectivity index (χ1) is 11.4. The lowest BCUT2D eigenvalue weighted by Crippen LogP contribution is -2.33. The largest absolute Gasteiger partial charge is 0.306 e. The standard InChI is InChI=1S/C19H17N3OS/c1-12-4-7-16(8-5-12)21-14(3)18(23)22(19(21)24)17-9-6-15(11-20)13(2)10-17/h4-10,14H,1-3H3. The van der Waals surface area contributed by atoms with E-state index in [9.17, 15) is 4.79 Å². The van der Waals surface area contributed by atoms with Crippen molar-refractivity contribution in [2.45, 2.75) is 26.8 Å². The number of rotatable bonds is 2. The van der Waals surface area contributed by atoms with Gasteiger partial charge in [0.25, 0.3) is 5.91 Å². The number of anilines is 2. The van der Waals surface area contributed by atoms with E-state index in [1.54, 1.807) is 17.0 Å². The molecule has 1 heterocycles. The zero-order valence-electron chi connectivity index (χ0n) is 13.8. The molecule has 0 radical (unpaired) electrons. The lowest BCUT2D eigenvalue weighted by atomic mass is 10.1. The Bertz CT molecular complexity index is 867. The third-order valence-corrected chi connectivity index (χ3v) is 4.64. The van der Waals surface area contributed by atoms with Crippen LogP contribution < -0.4 is 9.80 Å². The molecule has 1 atom stereocenters. The molecule has 1 unspecified atom stereocenters. The maximum atomic E-state index is 12.8. The van der Waals surface area contributed by atoms with Crippen LogP contribution in [0, 0.1) is 25.2 Å². The molecule has 0 saturated carbocycles. The summed E-state index contributed by atoms with van der Waals surface area (Å²) in [5.74, 6) is -0.0651. The van der Waals surface area contributed by atoms with E-state index >= 15 is 0 Å². The van der Waals surface area contributed by atoms with Crippen LogP contribution in [-0.2, 0) is 4.79 Å². The SMILES string of the molecule is Cc1ccc(N2C(=S)N(c3ccc(C#N)c(C)c3)C(=O)C2C)cc1. The van der Waals surface area contributed by atoms with Crippen LogP contribution in [0.2, 0.25) is 0 Å². The predicted molar refractivity (Wildman–Crippen MR) is 99.1 cm³/mol. The summed E-state index contributed by atoms with van der Waals surface area (Å²) >= 11 is 5.58. The highest BCUT2D eigenvalue weighted by molar-refractivity contribution is 7.81. The van der Waals surface area contributed by atoms with Crippen molar-refractivity contribution in [3.8, 4) is 6.07 Å². The Morgan fingerprint density at radius 2 is 1.71 bits per heavy atom. The molecule has 5 heteroatoms. The second-order valence-electron chi connectivity index (χ2n) is 5.95. The van der Waals surface area contributed by atoms with Crippen LogP contribution >= 0.6 is 12.2 Å². The number of nitrogens with zero attached hydrogens (tertiary/aromatic N) is 3. The molecule has 1 aliphatic rings. The molecule has 120 valence electrons. The van der Waals surface area contributed by atoms with Crippen LogP contribution in [0.5, 0.6) is 0 Å². The van der Waals surface area contributed by atoms with Crippen molar-refractivity contribution < 1.29 is 4.79 Å². The minimum Gasteiger partial charge on any atom is -0.306 e. The summed E-state index contributed by atoms with van der Waals surface area (Å²) in [5, 5.41) is 9.53. The summed E-state index contributed by atoms with van der Waals surface area (Å²) in [6, 6.07) is 15.0. The number of carbonyl (C=O) groups is 1. The quantitative estimate of drug-likeness (QED) is 0.785. The van der Waals surface area contributed by atoms with Crippen LogP contribution in [0.1, 0.15) is 23.6 Å². The van der Waals surface area contributed by atoms with Crippen molar-refractivity contribution in [1.82, 2.24) is 0 Å². The smallest absolute Gasteiger partial charge is 0.256 e. The molecule has 1 amide bonds. The predicted octanol–water partition coefficient (Wildman–Crippen LogP) is 3.70. The molecule has 1 fully saturated rings. The van der Waals surface area contributed by atoms with Gasteiger partial charge in [-0.25, -0.2) is 0 Å². The first kappa shape index (κ1) is 16.2. The van der Waals surface area contributed by atoms with Gasteiger partial charge in [0.05, 0.1) is 17.3 Å². The Morgan fingerprint density at radius 1 is 1.08 bits per heavy atom. The average molecular weight is 335 g/mol. The molecule has 0 bridgehead atoms. The fourth-order valence-corrected chi connectivity index (χ4v) is 3.31. The number of nitriles is 1. The van der Waals surface area contributed by atoms with Gasteiger partial charge in [0.1, 0.15) is 6.04 Å². The van der Waals surface area contributed by atoms with Crippen molar-refractivity contribution in [2.24, 2.45) is 0 Å². The maximum absolute atomic E-state index is 12.8. The van der Waals surface area contributed by atoms with E-state index in [1.165, 1.54) is 0 Å². The number of benzene rings is 2. The Balaban J connectivity index is 2.00. The van der Waals surface area contributed by atoms with E-state index in [-0.39, 0.29) is 11.9 Å². The van der Waals surface area contributed by atoms with Crippen molar-refractivity contribution in [1.29, 1.82) is 5.26 Å². The molecule has 0 N–H and O–H groups in total. The second-order valence-corrected chi connectivity index (χ2v) is 6.31. The average Bonchev–Trinajstić information content (AvgIpc) is 2.78. The Kier molecular flexibility index (Phi) is 4.08. The summed E-state index contributed by atoms with van der Waals surface area (Å²) in [6.45, 7) is 5.73. The number of aryl methyl sites for hydroxylation is 2. The molecule has 4 nitrogen and oxygen atoms in total. The first-order valence-electron chi connectivity index (χ1n) is 7.68. The van der Waals surface area contributed by atoms with E-state index in [1.807, 2.05) is 56.0 Å². The van der Waals surface area contributed by atoms with Gasteiger partial charge in [-0.15, -0.1) is 0 Å². The Labute approximate surface area is 146 Å². The van der Waals surface area contributed by atoms with E-state index in [0.717, 1.165) is 16.8 Å². The summed E-state index contributed by atoms with van der Waals surface area (Å²) in [4.78, 5) is 16.2. The van der Waals surface area contributed by atoms with Gasteiger partial charge >= 0.3 is 0 Å².